The first kappa shape index (κ1) is 27.1. The van der Waals surface area contributed by atoms with Gasteiger partial charge in [-0.05, 0) is 87.7 Å². The van der Waals surface area contributed by atoms with Gasteiger partial charge in [0, 0.05) is 48.3 Å². The fourth-order valence-electron chi connectivity index (χ4n) is 4.45. The first-order valence-electron chi connectivity index (χ1n) is 13.4. The quantitative estimate of drug-likeness (QED) is 0.277. The van der Waals surface area contributed by atoms with Crippen LogP contribution in [0.25, 0.3) is 16.9 Å². The molecule has 5 rings (SSSR count). The second-order valence-electron chi connectivity index (χ2n) is 9.84. The van der Waals surface area contributed by atoms with Gasteiger partial charge in [-0.2, -0.15) is 0 Å². The molecule has 3 N–H and O–H groups in total. The van der Waals surface area contributed by atoms with Crippen molar-refractivity contribution in [1.29, 1.82) is 0 Å². The maximum Gasteiger partial charge on any atom is 0.323 e. The number of ether oxygens (including phenoxy) is 1. The van der Waals surface area contributed by atoms with Crippen molar-refractivity contribution in [3.05, 3.63) is 72.4 Å². The molecule has 208 valence electrons. The molecule has 3 heterocycles. The predicted molar refractivity (Wildman–Crippen MR) is 156 cm³/mol. The average Bonchev–Trinajstić information content (AvgIpc) is 3.45. The van der Waals surface area contributed by atoms with Gasteiger partial charge in [-0.1, -0.05) is 0 Å². The van der Waals surface area contributed by atoms with Crippen LogP contribution in [0.3, 0.4) is 0 Å². The fraction of sp³-hybridized carbons (Fsp3) is 0.310. The largest absolute Gasteiger partial charge is 0.378 e. The summed E-state index contributed by atoms with van der Waals surface area (Å²) in [6, 6.07) is 17.8. The zero-order valence-corrected chi connectivity index (χ0v) is 22.8. The number of carbonyl (C=O) groups excluding carboxylic acids is 2. The molecular weight excluding hydrogens is 508 g/mol. The van der Waals surface area contributed by atoms with Crippen molar-refractivity contribution in [3.63, 3.8) is 0 Å². The van der Waals surface area contributed by atoms with Crippen LogP contribution >= 0.6 is 0 Å². The summed E-state index contributed by atoms with van der Waals surface area (Å²) < 4.78 is 7.34. The summed E-state index contributed by atoms with van der Waals surface area (Å²) in [7, 11) is 4.00. The molecule has 1 fully saturated rings. The van der Waals surface area contributed by atoms with E-state index in [1.54, 1.807) is 24.3 Å². The second kappa shape index (κ2) is 12.6. The number of anilines is 3. The van der Waals surface area contributed by atoms with Gasteiger partial charge in [-0.3, -0.25) is 4.79 Å². The molecule has 4 aromatic rings. The van der Waals surface area contributed by atoms with Crippen LogP contribution in [0, 0.1) is 0 Å². The standard InChI is InChI=1S/C29H34N8O3/c1-35(2)15-4-14-30-28(38)22-8-12-24(13-9-22)32-29(39)31-23-10-6-21(7-11-23)26-33-27(36-17-19-40-20-18-36)25-5-3-16-37(25)34-26/h3,5-13,16H,4,14-15,17-20H2,1-2H3,(H,30,38)(H2,31,32,39). The molecule has 0 atom stereocenters. The van der Waals surface area contributed by atoms with E-state index in [0.29, 0.717) is 42.5 Å². The van der Waals surface area contributed by atoms with E-state index in [2.05, 4.69) is 30.8 Å². The lowest BCUT2D eigenvalue weighted by Crippen LogP contribution is -2.37. The number of aromatic nitrogens is 3. The SMILES string of the molecule is CN(C)CCCNC(=O)c1ccc(NC(=O)Nc2ccc(-c3nc(N4CCOCC4)c4cccn4n3)cc2)cc1. The number of amides is 3. The fourth-order valence-corrected chi connectivity index (χ4v) is 4.45. The minimum absolute atomic E-state index is 0.133. The summed E-state index contributed by atoms with van der Waals surface area (Å²) in [5, 5.41) is 13.2. The Morgan fingerprint density at radius 2 is 1.62 bits per heavy atom. The van der Waals surface area contributed by atoms with Crippen molar-refractivity contribution in [2.75, 3.05) is 69.0 Å². The van der Waals surface area contributed by atoms with Gasteiger partial charge in [0.05, 0.1) is 13.2 Å². The Labute approximate surface area is 233 Å². The third kappa shape index (κ3) is 6.74. The van der Waals surface area contributed by atoms with E-state index < -0.39 is 0 Å². The van der Waals surface area contributed by atoms with Crippen molar-refractivity contribution in [2.24, 2.45) is 0 Å². The summed E-state index contributed by atoms with van der Waals surface area (Å²) in [5.74, 6) is 1.35. The zero-order valence-electron chi connectivity index (χ0n) is 22.8. The lowest BCUT2D eigenvalue weighted by atomic mass is 10.2. The zero-order chi connectivity index (χ0) is 27.9. The van der Waals surface area contributed by atoms with E-state index in [9.17, 15) is 9.59 Å². The molecule has 2 aromatic carbocycles. The smallest absolute Gasteiger partial charge is 0.323 e. The van der Waals surface area contributed by atoms with Gasteiger partial charge in [-0.15, -0.1) is 5.10 Å². The molecule has 1 aliphatic rings. The molecule has 0 bridgehead atoms. The van der Waals surface area contributed by atoms with Gasteiger partial charge < -0.3 is 30.5 Å². The lowest BCUT2D eigenvalue weighted by Gasteiger charge is -2.28. The number of rotatable bonds is 9. The molecule has 2 aromatic heterocycles. The number of fused-ring (bicyclic) bond motifs is 1. The van der Waals surface area contributed by atoms with Crippen LogP contribution in [-0.4, -0.2) is 84.9 Å². The molecule has 0 spiro atoms. The van der Waals surface area contributed by atoms with Gasteiger partial charge in [0.25, 0.3) is 5.91 Å². The molecule has 40 heavy (non-hydrogen) atoms. The van der Waals surface area contributed by atoms with Crippen LogP contribution in [-0.2, 0) is 4.74 Å². The van der Waals surface area contributed by atoms with Crippen molar-refractivity contribution in [1.82, 2.24) is 24.8 Å². The molecule has 11 heteroatoms. The lowest BCUT2D eigenvalue weighted by molar-refractivity contribution is 0.0952. The molecule has 0 saturated carbocycles. The highest BCUT2D eigenvalue weighted by Crippen LogP contribution is 2.25. The highest BCUT2D eigenvalue weighted by molar-refractivity contribution is 6.00. The Morgan fingerprint density at radius 3 is 2.30 bits per heavy atom. The number of carbonyl (C=O) groups is 2. The normalized spacial score (nSPS) is 13.4. The van der Waals surface area contributed by atoms with Crippen LogP contribution in [0.15, 0.2) is 66.9 Å². The van der Waals surface area contributed by atoms with Gasteiger partial charge in [0.2, 0.25) is 0 Å². The van der Waals surface area contributed by atoms with Crippen molar-refractivity contribution < 1.29 is 14.3 Å². The Kier molecular flexibility index (Phi) is 8.53. The van der Waals surface area contributed by atoms with Gasteiger partial charge in [0.1, 0.15) is 5.52 Å². The number of benzene rings is 2. The molecule has 1 aliphatic heterocycles. The monoisotopic (exact) mass is 542 g/mol. The van der Waals surface area contributed by atoms with E-state index >= 15 is 0 Å². The molecule has 0 radical (unpaired) electrons. The van der Waals surface area contributed by atoms with E-state index in [4.69, 9.17) is 9.72 Å². The topological polar surface area (TPSA) is 116 Å². The van der Waals surface area contributed by atoms with Gasteiger partial charge in [0.15, 0.2) is 11.6 Å². The maximum atomic E-state index is 12.6. The van der Waals surface area contributed by atoms with Crippen molar-refractivity contribution in [3.8, 4) is 11.4 Å². The minimum atomic E-state index is -0.381. The van der Waals surface area contributed by atoms with Crippen molar-refractivity contribution in [2.45, 2.75) is 6.42 Å². The van der Waals surface area contributed by atoms with Gasteiger partial charge in [-0.25, -0.2) is 14.3 Å². The van der Waals surface area contributed by atoms with Crippen LogP contribution in [0.2, 0.25) is 0 Å². The number of urea groups is 1. The highest BCUT2D eigenvalue weighted by atomic mass is 16.5. The van der Waals surface area contributed by atoms with Gasteiger partial charge >= 0.3 is 6.03 Å². The molecule has 0 aliphatic carbocycles. The van der Waals surface area contributed by atoms with Crippen LogP contribution in [0.4, 0.5) is 22.0 Å². The second-order valence-corrected chi connectivity index (χ2v) is 9.84. The molecule has 1 saturated heterocycles. The van der Waals surface area contributed by atoms with Crippen LogP contribution in [0.1, 0.15) is 16.8 Å². The number of nitrogens with zero attached hydrogens (tertiary/aromatic N) is 5. The maximum absolute atomic E-state index is 12.6. The Hall–Kier alpha value is -4.48. The first-order valence-corrected chi connectivity index (χ1v) is 13.4. The number of nitrogens with one attached hydrogen (secondary N) is 3. The number of hydrogen-bond donors (Lipinski definition) is 3. The average molecular weight is 543 g/mol. The van der Waals surface area contributed by atoms with E-state index in [1.165, 1.54) is 0 Å². The summed E-state index contributed by atoms with van der Waals surface area (Å²) in [5.41, 5.74) is 3.55. The third-order valence-electron chi connectivity index (χ3n) is 6.56. The molecule has 11 nitrogen and oxygen atoms in total. The van der Waals surface area contributed by atoms with Crippen molar-refractivity contribution >= 4 is 34.6 Å². The Morgan fingerprint density at radius 1 is 0.950 bits per heavy atom. The third-order valence-corrected chi connectivity index (χ3v) is 6.56. The van der Waals surface area contributed by atoms with E-state index in [0.717, 1.165) is 43.0 Å². The highest BCUT2D eigenvalue weighted by Gasteiger charge is 2.18. The Balaban J connectivity index is 1.18. The summed E-state index contributed by atoms with van der Waals surface area (Å²) in [6.07, 6.45) is 2.79. The summed E-state index contributed by atoms with van der Waals surface area (Å²) in [6.45, 7) is 4.43. The predicted octanol–water partition coefficient (Wildman–Crippen LogP) is 3.56. The molecule has 3 amide bonds. The first-order chi connectivity index (χ1) is 19.5. The van der Waals surface area contributed by atoms with Crippen LogP contribution < -0.4 is 20.9 Å². The van der Waals surface area contributed by atoms with Crippen LogP contribution in [0.5, 0.6) is 0 Å². The summed E-state index contributed by atoms with van der Waals surface area (Å²) >= 11 is 0. The molecular formula is C29H34N8O3. The summed E-state index contributed by atoms with van der Waals surface area (Å²) in [4.78, 5) is 34.0. The Bertz CT molecular complexity index is 1440. The van der Waals surface area contributed by atoms with E-state index in [-0.39, 0.29) is 11.9 Å². The number of morpholine rings is 1. The molecule has 0 unspecified atom stereocenters. The number of hydrogen-bond acceptors (Lipinski definition) is 7. The minimum Gasteiger partial charge on any atom is -0.378 e. The van der Waals surface area contributed by atoms with E-state index in [1.807, 2.05) is 61.2 Å².